The first-order valence-electron chi connectivity index (χ1n) is 8.91. The summed E-state index contributed by atoms with van der Waals surface area (Å²) in [6, 6.07) is 14.6. The maximum Gasteiger partial charge on any atom is 0.256 e. The first kappa shape index (κ1) is 17.1. The molecule has 1 amide bonds. The molecule has 5 nitrogen and oxygen atoms in total. The number of hydrogen-bond acceptors (Lipinski definition) is 3. The summed E-state index contributed by atoms with van der Waals surface area (Å²) in [5.41, 5.74) is 7.21. The summed E-state index contributed by atoms with van der Waals surface area (Å²) in [5, 5.41) is 7.82. The summed E-state index contributed by atoms with van der Waals surface area (Å²) in [5.74, 6) is 0.332. The van der Waals surface area contributed by atoms with Gasteiger partial charge in [0, 0.05) is 17.6 Å². The van der Waals surface area contributed by atoms with Gasteiger partial charge in [0.2, 0.25) is 0 Å². The fraction of sp³-hybridized carbons (Fsp3) is 0.182. The number of carbonyl (C=O) groups excluding carboxylic acids is 1. The highest BCUT2D eigenvalue weighted by atomic mass is 16.5. The van der Waals surface area contributed by atoms with Crippen molar-refractivity contribution in [3.63, 3.8) is 0 Å². The SMILES string of the molecule is Cc1cc(CNC(=O)c2cnoc2C)c2[nH]c(-c3ccccc3)c(C)c2c1. The number of hydrogen-bond donors (Lipinski definition) is 2. The number of aromatic nitrogens is 2. The summed E-state index contributed by atoms with van der Waals surface area (Å²) in [6.45, 7) is 6.36. The van der Waals surface area contributed by atoms with Crippen molar-refractivity contribution in [2.45, 2.75) is 27.3 Å². The molecule has 0 aliphatic rings. The number of nitrogens with one attached hydrogen (secondary N) is 2. The molecule has 0 aliphatic heterocycles. The van der Waals surface area contributed by atoms with Crippen LogP contribution in [0.15, 0.2) is 53.2 Å². The van der Waals surface area contributed by atoms with Crippen molar-refractivity contribution in [2.24, 2.45) is 0 Å². The van der Waals surface area contributed by atoms with Crippen LogP contribution in [0.3, 0.4) is 0 Å². The number of H-pyrrole nitrogens is 1. The molecule has 0 unspecified atom stereocenters. The van der Waals surface area contributed by atoms with Gasteiger partial charge in [-0.05, 0) is 43.5 Å². The normalized spacial score (nSPS) is 11.1. The van der Waals surface area contributed by atoms with Gasteiger partial charge in [-0.25, -0.2) is 0 Å². The number of nitrogens with zero attached hydrogens (tertiary/aromatic N) is 1. The maximum atomic E-state index is 12.4. The smallest absolute Gasteiger partial charge is 0.256 e. The van der Waals surface area contributed by atoms with Gasteiger partial charge >= 0.3 is 0 Å². The van der Waals surface area contributed by atoms with Crippen LogP contribution >= 0.6 is 0 Å². The zero-order valence-corrected chi connectivity index (χ0v) is 15.6. The Morgan fingerprint density at radius 1 is 1.15 bits per heavy atom. The van der Waals surface area contributed by atoms with E-state index in [0.29, 0.717) is 17.9 Å². The summed E-state index contributed by atoms with van der Waals surface area (Å²) in [6.07, 6.45) is 1.45. The van der Waals surface area contributed by atoms with Gasteiger partial charge < -0.3 is 14.8 Å². The minimum atomic E-state index is -0.185. The fourth-order valence-corrected chi connectivity index (χ4v) is 3.48. The molecule has 2 aromatic heterocycles. The van der Waals surface area contributed by atoms with E-state index >= 15 is 0 Å². The number of fused-ring (bicyclic) bond motifs is 1. The molecule has 0 saturated carbocycles. The highest BCUT2D eigenvalue weighted by Crippen LogP contribution is 2.32. The highest BCUT2D eigenvalue weighted by molar-refractivity contribution is 5.96. The molecule has 0 spiro atoms. The second-order valence-corrected chi connectivity index (χ2v) is 6.82. The van der Waals surface area contributed by atoms with Crippen LogP contribution in [0.25, 0.3) is 22.2 Å². The number of aryl methyl sites for hydroxylation is 3. The number of benzene rings is 2. The summed E-state index contributed by atoms with van der Waals surface area (Å²) in [4.78, 5) is 16.0. The van der Waals surface area contributed by atoms with E-state index < -0.39 is 0 Å². The molecule has 2 heterocycles. The molecule has 0 saturated heterocycles. The highest BCUT2D eigenvalue weighted by Gasteiger charge is 2.16. The molecule has 0 aliphatic carbocycles. The van der Waals surface area contributed by atoms with E-state index in [0.717, 1.165) is 27.9 Å². The molecular formula is C22H21N3O2. The Balaban J connectivity index is 1.71. The first-order valence-corrected chi connectivity index (χ1v) is 8.91. The lowest BCUT2D eigenvalue weighted by atomic mass is 10.0. The third-order valence-corrected chi connectivity index (χ3v) is 4.89. The van der Waals surface area contributed by atoms with Crippen molar-refractivity contribution in [2.75, 3.05) is 0 Å². The molecular weight excluding hydrogens is 338 g/mol. The molecule has 27 heavy (non-hydrogen) atoms. The number of aromatic amines is 1. The van der Waals surface area contributed by atoms with E-state index in [1.807, 2.05) is 18.2 Å². The molecule has 0 fully saturated rings. The number of amides is 1. The van der Waals surface area contributed by atoms with E-state index in [-0.39, 0.29) is 5.91 Å². The molecule has 0 bridgehead atoms. The largest absolute Gasteiger partial charge is 0.361 e. The van der Waals surface area contributed by atoms with Crippen LogP contribution in [-0.4, -0.2) is 16.0 Å². The minimum absolute atomic E-state index is 0.185. The Kier molecular flexibility index (Phi) is 4.28. The molecule has 4 aromatic rings. The Hall–Kier alpha value is -3.34. The van der Waals surface area contributed by atoms with E-state index in [1.165, 1.54) is 17.1 Å². The van der Waals surface area contributed by atoms with E-state index in [9.17, 15) is 4.79 Å². The van der Waals surface area contributed by atoms with Crippen LogP contribution in [0, 0.1) is 20.8 Å². The second-order valence-electron chi connectivity index (χ2n) is 6.82. The predicted octanol–water partition coefficient (Wildman–Crippen LogP) is 4.68. The van der Waals surface area contributed by atoms with Gasteiger partial charge in [0.25, 0.3) is 5.91 Å². The summed E-state index contributed by atoms with van der Waals surface area (Å²) in [7, 11) is 0. The lowest BCUT2D eigenvalue weighted by Crippen LogP contribution is -2.23. The monoisotopic (exact) mass is 359 g/mol. The maximum absolute atomic E-state index is 12.4. The van der Waals surface area contributed by atoms with Gasteiger partial charge in [-0.3, -0.25) is 4.79 Å². The van der Waals surface area contributed by atoms with Crippen molar-refractivity contribution in [3.05, 3.63) is 76.7 Å². The van der Waals surface area contributed by atoms with Crippen LogP contribution < -0.4 is 5.32 Å². The van der Waals surface area contributed by atoms with Gasteiger partial charge in [-0.15, -0.1) is 0 Å². The standard InChI is InChI=1S/C22H21N3O2/c1-13-9-17(11-23-22(26)19-12-24-27-15(19)3)21-18(10-13)14(2)20(25-21)16-7-5-4-6-8-16/h4-10,12,25H,11H2,1-3H3,(H,23,26). The van der Waals surface area contributed by atoms with Crippen molar-refractivity contribution in [1.29, 1.82) is 0 Å². The Labute approximate surface area is 157 Å². The number of carbonyl (C=O) groups is 1. The molecule has 136 valence electrons. The quantitative estimate of drug-likeness (QED) is 0.556. The minimum Gasteiger partial charge on any atom is -0.361 e. The predicted molar refractivity (Wildman–Crippen MR) is 106 cm³/mol. The van der Waals surface area contributed by atoms with Gasteiger partial charge in [0.1, 0.15) is 11.3 Å². The Bertz CT molecular complexity index is 1120. The van der Waals surface area contributed by atoms with E-state index in [4.69, 9.17) is 4.52 Å². The van der Waals surface area contributed by atoms with Crippen LogP contribution in [0.1, 0.15) is 32.8 Å². The molecule has 2 N–H and O–H groups in total. The zero-order valence-electron chi connectivity index (χ0n) is 15.6. The molecule has 2 aromatic carbocycles. The van der Waals surface area contributed by atoms with Crippen LogP contribution in [0.4, 0.5) is 0 Å². The second kappa shape index (κ2) is 6.76. The first-order chi connectivity index (χ1) is 13.0. The third-order valence-electron chi connectivity index (χ3n) is 4.89. The molecule has 4 rings (SSSR count). The van der Waals surface area contributed by atoms with E-state index in [2.05, 4.69) is 53.6 Å². The average molecular weight is 359 g/mol. The van der Waals surface area contributed by atoms with Crippen molar-refractivity contribution < 1.29 is 9.32 Å². The number of rotatable bonds is 4. The van der Waals surface area contributed by atoms with Crippen LogP contribution in [0.2, 0.25) is 0 Å². The van der Waals surface area contributed by atoms with Crippen LogP contribution in [0.5, 0.6) is 0 Å². The molecule has 0 radical (unpaired) electrons. The Morgan fingerprint density at radius 3 is 2.63 bits per heavy atom. The molecule has 0 atom stereocenters. The third kappa shape index (κ3) is 3.12. The van der Waals surface area contributed by atoms with Crippen LogP contribution in [-0.2, 0) is 6.54 Å². The topological polar surface area (TPSA) is 70.9 Å². The molecule has 5 heteroatoms. The van der Waals surface area contributed by atoms with Crippen molar-refractivity contribution in [1.82, 2.24) is 15.5 Å². The van der Waals surface area contributed by atoms with Gasteiger partial charge in [-0.1, -0.05) is 47.1 Å². The average Bonchev–Trinajstić information content (AvgIpc) is 3.24. The van der Waals surface area contributed by atoms with Gasteiger partial charge in [-0.2, -0.15) is 0 Å². The zero-order chi connectivity index (χ0) is 19.0. The van der Waals surface area contributed by atoms with Crippen molar-refractivity contribution in [3.8, 4) is 11.3 Å². The summed E-state index contributed by atoms with van der Waals surface area (Å²) < 4.78 is 4.98. The lowest BCUT2D eigenvalue weighted by molar-refractivity contribution is 0.0949. The lowest BCUT2D eigenvalue weighted by Gasteiger charge is -2.07. The fourth-order valence-electron chi connectivity index (χ4n) is 3.48. The van der Waals surface area contributed by atoms with Gasteiger partial charge in [0.05, 0.1) is 11.7 Å². The summed E-state index contributed by atoms with van der Waals surface area (Å²) >= 11 is 0. The Morgan fingerprint density at radius 2 is 1.93 bits per heavy atom. The van der Waals surface area contributed by atoms with Crippen molar-refractivity contribution >= 4 is 16.8 Å². The van der Waals surface area contributed by atoms with Gasteiger partial charge in [0.15, 0.2) is 0 Å². The van der Waals surface area contributed by atoms with E-state index in [1.54, 1.807) is 6.92 Å².